The van der Waals surface area contributed by atoms with E-state index >= 15 is 0 Å². The van der Waals surface area contributed by atoms with Gasteiger partial charge in [0.05, 0.1) is 5.56 Å². The number of alkyl halides is 3. The predicted molar refractivity (Wildman–Crippen MR) is 54.4 cm³/mol. The number of hydrogen-bond donors (Lipinski definition) is 0. The number of Topliss-reactive ketones (excluding diaryl/α,β-unsaturated/α-hetero) is 1. The molecule has 0 spiro atoms. The molecular formula is C11H8F4N2O. The molecule has 7 heteroatoms. The lowest BCUT2D eigenvalue weighted by molar-refractivity contribution is -0.137. The van der Waals surface area contributed by atoms with Crippen molar-refractivity contribution in [2.24, 2.45) is 0 Å². The minimum absolute atomic E-state index is 0.00249. The van der Waals surface area contributed by atoms with E-state index in [1.54, 1.807) is 0 Å². The number of benzene rings is 1. The molecule has 0 saturated heterocycles. The Hall–Kier alpha value is -2.01. The van der Waals surface area contributed by atoms with Gasteiger partial charge in [0.2, 0.25) is 5.78 Å². The molecule has 0 saturated carbocycles. The Balaban J connectivity index is 2.81. The van der Waals surface area contributed by atoms with Gasteiger partial charge in [0.1, 0.15) is 5.82 Å². The molecular weight excluding hydrogens is 252 g/mol. The minimum Gasteiger partial charge on any atom is -0.361 e. The molecule has 3 nitrogen and oxygen atoms in total. The Morgan fingerprint density at radius 1 is 1.39 bits per heavy atom. The highest BCUT2D eigenvalue weighted by molar-refractivity contribution is 6.25. The van der Waals surface area contributed by atoms with Crippen LogP contribution < -0.4 is 0 Å². The van der Waals surface area contributed by atoms with Gasteiger partial charge in [0.15, 0.2) is 0 Å². The normalized spacial score (nSPS) is 10.9. The fourth-order valence-corrected chi connectivity index (χ4v) is 1.31. The molecule has 1 rings (SSSR count). The zero-order chi connectivity index (χ0) is 13.8. The summed E-state index contributed by atoms with van der Waals surface area (Å²) in [4.78, 5) is 13.4. The summed E-state index contributed by atoms with van der Waals surface area (Å²) in [5, 5.41) is 0. The monoisotopic (exact) mass is 260 g/mol. The van der Waals surface area contributed by atoms with Crippen LogP contribution in [0.15, 0.2) is 18.2 Å². The molecule has 0 heterocycles. The Morgan fingerprint density at radius 3 is 2.56 bits per heavy atom. The van der Waals surface area contributed by atoms with Crippen LogP contribution in [-0.2, 0) is 17.4 Å². The molecule has 96 valence electrons. The smallest absolute Gasteiger partial charge is 0.361 e. The molecule has 0 radical (unpaired) electrons. The van der Waals surface area contributed by atoms with Crippen molar-refractivity contribution in [1.82, 2.24) is 0 Å². The molecule has 1 aromatic carbocycles. The van der Waals surface area contributed by atoms with E-state index in [1.165, 1.54) is 0 Å². The number of halogens is 4. The van der Waals surface area contributed by atoms with Crippen LogP contribution in [0.3, 0.4) is 0 Å². The van der Waals surface area contributed by atoms with E-state index in [0.29, 0.717) is 12.3 Å². The largest absolute Gasteiger partial charge is 0.416 e. The molecule has 0 aromatic heterocycles. The third-order valence-electron chi connectivity index (χ3n) is 2.22. The summed E-state index contributed by atoms with van der Waals surface area (Å²) in [5.41, 5.74) is 6.99. The number of carbonyl (C=O) groups is 1. The first-order valence-corrected chi connectivity index (χ1v) is 4.90. The lowest BCUT2D eigenvalue weighted by Crippen LogP contribution is -2.07. The van der Waals surface area contributed by atoms with Crippen molar-refractivity contribution < 1.29 is 27.1 Å². The fourth-order valence-electron chi connectivity index (χ4n) is 1.31. The van der Waals surface area contributed by atoms with Crippen LogP contribution in [0.1, 0.15) is 17.5 Å². The lowest BCUT2D eigenvalue weighted by Gasteiger charge is -2.08. The first kappa shape index (κ1) is 14.1. The van der Waals surface area contributed by atoms with Gasteiger partial charge in [-0.25, -0.2) is 4.39 Å². The first-order valence-electron chi connectivity index (χ1n) is 4.90. The zero-order valence-corrected chi connectivity index (χ0v) is 9.04. The van der Waals surface area contributed by atoms with Crippen molar-refractivity contribution in [2.45, 2.75) is 19.0 Å². The van der Waals surface area contributed by atoms with Crippen molar-refractivity contribution in [3.05, 3.63) is 40.7 Å². The zero-order valence-electron chi connectivity index (χ0n) is 9.04. The van der Waals surface area contributed by atoms with Crippen LogP contribution in [0.2, 0.25) is 0 Å². The highest BCUT2D eigenvalue weighted by atomic mass is 19.4. The summed E-state index contributed by atoms with van der Waals surface area (Å²) in [6.07, 6.45) is -4.15. The SMILES string of the molecule is [N-]=[N+]=CC(=O)CCc1ccc(C(F)(F)F)cc1F. The summed E-state index contributed by atoms with van der Waals surface area (Å²) < 4.78 is 50.1. The molecule has 0 aliphatic heterocycles. The van der Waals surface area contributed by atoms with Gasteiger partial charge < -0.3 is 5.53 Å². The minimum atomic E-state index is -4.60. The van der Waals surface area contributed by atoms with Gasteiger partial charge in [-0.1, -0.05) is 6.07 Å². The highest BCUT2D eigenvalue weighted by Gasteiger charge is 2.31. The summed E-state index contributed by atoms with van der Waals surface area (Å²) in [6, 6.07) is 2.13. The molecule has 0 aliphatic carbocycles. The maximum atomic E-state index is 13.3. The average molecular weight is 260 g/mol. The van der Waals surface area contributed by atoms with Crippen LogP contribution in [-0.4, -0.2) is 16.8 Å². The second kappa shape index (κ2) is 5.55. The Kier molecular flexibility index (Phi) is 4.33. The summed E-state index contributed by atoms with van der Waals surface area (Å²) >= 11 is 0. The second-order valence-corrected chi connectivity index (χ2v) is 3.51. The third kappa shape index (κ3) is 3.78. The Labute approximate surface area is 99.7 Å². The standard InChI is InChI=1S/C11H8F4N2O/c12-10-5-8(11(13,14)15)3-1-7(10)2-4-9(18)6-17-16/h1,3,5-6H,2,4H2. The van der Waals surface area contributed by atoms with Crippen molar-refractivity contribution in [2.75, 3.05) is 0 Å². The van der Waals surface area contributed by atoms with Crippen LogP contribution in [0.5, 0.6) is 0 Å². The first-order chi connectivity index (χ1) is 8.34. The number of carbonyl (C=O) groups excluding carboxylic acids is 1. The van der Waals surface area contributed by atoms with Gasteiger partial charge in [-0.3, -0.25) is 4.79 Å². The molecule has 18 heavy (non-hydrogen) atoms. The van der Waals surface area contributed by atoms with Crippen LogP contribution in [0.25, 0.3) is 5.53 Å². The van der Waals surface area contributed by atoms with Crippen molar-refractivity contribution in [1.29, 1.82) is 0 Å². The summed E-state index contributed by atoms with van der Waals surface area (Å²) in [6.45, 7) is 0. The molecule has 0 N–H and O–H groups in total. The van der Waals surface area contributed by atoms with Gasteiger partial charge in [0, 0.05) is 6.42 Å². The van der Waals surface area contributed by atoms with E-state index in [0.717, 1.165) is 12.1 Å². The van der Waals surface area contributed by atoms with Crippen molar-refractivity contribution in [3.8, 4) is 0 Å². The van der Waals surface area contributed by atoms with Gasteiger partial charge in [-0.05, 0) is 24.1 Å². The van der Waals surface area contributed by atoms with E-state index in [4.69, 9.17) is 5.53 Å². The lowest BCUT2D eigenvalue weighted by atomic mass is 10.0. The molecule has 0 bridgehead atoms. The quantitative estimate of drug-likeness (QED) is 0.355. The van der Waals surface area contributed by atoms with E-state index in [9.17, 15) is 22.4 Å². The van der Waals surface area contributed by atoms with Gasteiger partial charge in [-0.2, -0.15) is 18.0 Å². The van der Waals surface area contributed by atoms with Crippen LogP contribution in [0, 0.1) is 5.82 Å². The molecule has 0 fully saturated rings. The van der Waals surface area contributed by atoms with E-state index in [-0.39, 0.29) is 18.4 Å². The molecule has 0 atom stereocenters. The van der Waals surface area contributed by atoms with Crippen molar-refractivity contribution >= 4 is 12.0 Å². The van der Waals surface area contributed by atoms with Crippen molar-refractivity contribution in [3.63, 3.8) is 0 Å². The topological polar surface area (TPSA) is 53.5 Å². The van der Waals surface area contributed by atoms with Gasteiger partial charge >= 0.3 is 12.4 Å². The molecule has 1 aromatic rings. The average Bonchev–Trinajstić information content (AvgIpc) is 2.26. The predicted octanol–water partition coefficient (Wildman–Crippen LogP) is 2.65. The van der Waals surface area contributed by atoms with E-state index in [2.05, 4.69) is 4.79 Å². The number of nitrogens with zero attached hydrogens (tertiary/aromatic N) is 2. The highest BCUT2D eigenvalue weighted by Crippen LogP contribution is 2.30. The number of hydrogen-bond acceptors (Lipinski definition) is 1. The van der Waals surface area contributed by atoms with Gasteiger partial charge in [-0.15, -0.1) is 0 Å². The maximum absolute atomic E-state index is 13.3. The molecule has 0 aliphatic rings. The van der Waals surface area contributed by atoms with Crippen LogP contribution in [0.4, 0.5) is 17.6 Å². The molecule has 0 amide bonds. The number of aryl methyl sites for hydroxylation is 1. The second-order valence-electron chi connectivity index (χ2n) is 3.51. The van der Waals surface area contributed by atoms with Gasteiger partial charge in [0.25, 0.3) is 0 Å². The summed E-state index contributed by atoms with van der Waals surface area (Å²) in [7, 11) is 0. The third-order valence-corrected chi connectivity index (χ3v) is 2.22. The number of rotatable bonds is 4. The van der Waals surface area contributed by atoms with E-state index in [1.807, 2.05) is 0 Å². The summed E-state index contributed by atoms with van der Waals surface area (Å²) in [5.74, 6) is -1.56. The molecule has 0 unspecified atom stereocenters. The van der Waals surface area contributed by atoms with E-state index < -0.39 is 23.3 Å². The van der Waals surface area contributed by atoms with Crippen LogP contribution >= 0.6 is 0 Å². The maximum Gasteiger partial charge on any atom is 0.416 e. The Bertz CT molecular complexity index is 504. The Morgan fingerprint density at radius 2 is 2.06 bits per heavy atom. The number of ketones is 1. The fraction of sp³-hybridized carbons (Fsp3) is 0.273.